The number of rotatable bonds is 3. The molecule has 2 heteroatoms. The van der Waals surface area contributed by atoms with Gasteiger partial charge in [0.2, 0.25) is 0 Å². The van der Waals surface area contributed by atoms with E-state index in [0.717, 1.165) is 13.1 Å². The van der Waals surface area contributed by atoms with Gasteiger partial charge in [0, 0.05) is 36.7 Å². The second-order valence-electron chi connectivity index (χ2n) is 7.19. The number of hydrogen-bond donors (Lipinski definition) is 0. The predicted octanol–water partition coefficient (Wildman–Crippen LogP) is 6.18. The zero-order valence-corrected chi connectivity index (χ0v) is 15.5. The van der Waals surface area contributed by atoms with Gasteiger partial charge >= 0.3 is 0 Å². The molecule has 0 atom stereocenters. The van der Waals surface area contributed by atoms with E-state index in [1.165, 1.54) is 58.8 Å². The Labute approximate surface area is 156 Å². The lowest BCUT2D eigenvalue weighted by atomic mass is 9.97. The van der Waals surface area contributed by atoms with Crippen LogP contribution in [0.1, 0.15) is 43.7 Å². The summed E-state index contributed by atoms with van der Waals surface area (Å²) in [6.45, 7) is 4.51. The molecule has 0 spiro atoms. The summed E-state index contributed by atoms with van der Waals surface area (Å²) in [5.74, 6) is 0. The lowest BCUT2D eigenvalue weighted by Gasteiger charge is -2.24. The van der Waals surface area contributed by atoms with Crippen molar-refractivity contribution in [2.75, 3.05) is 18.0 Å². The first kappa shape index (κ1) is 16.8. The van der Waals surface area contributed by atoms with E-state index in [4.69, 9.17) is 0 Å². The fourth-order valence-electron chi connectivity index (χ4n) is 3.99. The maximum Gasteiger partial charge on any atom is 0.0470 e. The first-order valence-electron chi connectivity index (χ1n) is 9.68. The minimum atomic E-state index is 1.15. The van der Waals surface area contributed by atoms with Gasteiger partial charge in [0.15, 0.2) is 0 Å². The first-order valence-corrected chi connectivity index (χ1v) is 9.68. The summed E-state index contributed by atoms with van der Waals surface area (Å²) in [4.78, 5) is 6.94. The molecule has 0 unspecified atom stereocenters. The van der Waals surface area contributed by atoms with Crippen molar-refractivity contribution in [3.63, 3.8) is 0 Å². The molecule has 1 aliphatic rings. The molecule has 132 valence electrons. The minimum Gasteiger partial charge on any atom is -0.371 e. The van der Waals surface area contributed by atoms with Crippen LogP contribution in [0.3, 0.4) is 0 Å². The Morgan fingerprint density at radius 1 is 0.923 bits per heavy atom. The Bertz CT molecular complexity index is 913. The SMILES string of the molecule is C/C(=C/c1cnccc1N1CCCCCC1)c1cccc2ccccc12. The molecule has 0 amide bonds. The molecule has 1 aliphatic heterocycles. The topological polar surface area (TPSA) is 16.1 Å². The van der Waals surface area contributed by atoms with E-state index in [9.17, 15) is 0 Å². The van der Waals surface area contributed by atoms with Crippen molar-refractivity contribution in [2.45, 2.75) is 32.6 Å². The van der Waals surface area contributed by atoms with Gasteiger partial charge < -0.3 is 4.90 Å². The van der Waals surface area contributed by atoms with Crippen molar-refractivity contribution in [3.05, 3.63) is 72.1 Å². The number of allylic oxidation sites excluding steroid dienone is 1. The summed E-state index contributed by atoms with van der Waals surface area (Å²) in [6, 6.07) is 17.3. The van der Waals surface area contributed by atoms with Gasteiger partial charge in [-0.2, -0.15) is 0 Å². The first-order chi connectivity index (χ1) is 12.8. The van der Waals surface area contributed by atoms with Gasteiger partial charge in [0.25, 0.3) is 0 Å². The molecular weight excluding hydrogens is 316 g/mol. The molecule has 1 saturated heterocycles. The number of aromatic nitrogens is 1. The highest BCUT2D eigenvalue weighted by atomic mass is 15.1. The highest BCUT2D eigenvalue weighted by Crippen LogP contribution is 2.30. The van der Waals surface area contributed by atoms with Crippen LogP contribution in [-0.2, 0) is 0 Å². The normalized spacial score (nSPS) is 15.9. The van der Waals surface area contributed by atoms with Crippen LogP contribution in [0.25, 0.3) is 22.4 Å². The average Bonchev–Trinajstić information content (AvgIpc) is 2.97. The monoisotopic (exact) mass is 342 g/mol. The predicted molar refractivity (Wildman–Crippen MR) is 112 cm³/mol. The number of benzene rings is 2. The highest BCUT2D eigenvalue weighted by Gasteiger charge is 2.13. The van der Waals surface area contributed by atoms with Crippen LogP contribution in [0.2, 0.25) is 0 Å². The molecule has 2 heterocycles. The molecular formula is C24H26N2. The minimum absolute atomic E-state index is 1.15. The van der Waals surface area contributed by atoms with E-state index >= 15 is 0 Å². The Kier molecular flexibility index (Phi) is 5.01. The van der Waals surface area contributed by atoms with Gasteiger partial charge in [-0.05, 0) is 53.8 Å². The van der Waals surface area contributed by atoms with Crippen LogP contribution < -0.4 is 4.90 Å². The fourth-order valence-corrected chi connectivity index (χ4v) is 3.99. The van der Waals surface area contributed by atoms with Crippen molar-refractivity contribution < 1.29 is 0 Å². The van der Waals surface area contributed by atoms with Crippen LogP contribution in [0.5, 0.6) is 0 Å². The molecule has 0 aliphatic carbocycles. The summed E-state index contributed by atoms with van der Waals surface area (Å²) >= 11 is 0. The van der Waals surface area contributed by atoms with Gasteiger partial charge in [-0.1, -0.05) is 55.3 Å². The van der Waals surface area contributed by atoms with Gasteiger partial charge in [-0.25, -0.2) is 0 Å². The van der Waals surface area contributed by atoms with Gasteiger partial charge in [0.1, 0.15) is 0 Å². The second kappa shape index (κ2) is 7.74. The van der Waals surface area contributed by atoms with Crippen LogP contribution in [0.15, 0.2) is 60.9 Å². The molecule has 0 radical (unpaired) electrons. The number of anilines is 1. The second-order valence-corrected chi connectivity index (χ2v) is 7.19. The van der Waals surface area contributed by atoms with Crippen LogP contribution in [-0.4, -0.2) is 18.1 Å². The summed E-state index contributed by atoms with van der Waals surface area (Å²) in [6.07, 6.45) is 11.5. The highest BCUT2D eigenvalue weighted by molar-refractivity contribution is 5.97. The molecule has 4 rings (SSSR count). The summed E-state index contributed by atoms with van der Waals surface area (Å²) < 4.78 is 0. The maximum absolute atomic E-state index is 4.40. The zero-order valence-electron chi connectivity index (χ0n) is 15.5. The van der Waals surface area contributed by atoms with Crippen molar-refractivity contribution in [3.8, 4) is 0 Å². The summed E-state index contributed by atoms with van der Waals surface area (Å²) in [7, 11) is 0. The Morgan fingerprint density at radius 2 is 1.69 bits per heavy atom. The van der Waals surface area contributed by atoms with Crippen molar-refractivity contribution in [2.24, 2.45) is 0 Å². The third-order valence-corrected chi connectivity index (χ3v) is 5.36. The van der Waals surface area contributed by atoms with E-state index < -0.39 is 0 Å². The molecule has 26 heavy (non-hydrogen) atoms. The van der Waals surface area contributed by atoms with Crippen molar-refractivity contribution >= 4 is 28.1 Å². The van der Waals surface area contributed by atoms with Crippen LogP contribution >= 0.6 is 0 Å². The zero-order chi connectivity index (χ0) is 17.8. The quantitative estimate of drug-likeness (QED) is 0.565. The lowest BCUT2D eigenvalue weighted by Crippen LogP contribution is -2.24. The van der Waals surface area contributed by atoms with E-state index in [0.29, 0.717) is 0 Å². The Morgan fingerprint density at radius 3 is 2.54 bits per heavy atom. The largest absolute Gasteiger partial charge is 0.371 e. The van der Waals surface area contributed by atoms with Crippen molar-refractivity contribution in [1.82, 2.24) is 4.98 Å². The van der Waals surface area contributed by atoms with E-state index in [2.05, 4.69) is 71.4 Å². The molecule has 0 saturated carbocycles. The summed E-state index contributed by atoms with van der Waals surface area (Å²) in [5.41, 5.74) is 5.13. The van der Waals surface area contributed by atoms with E-state index in [-0.39, 0.29) is 0 Å². The van der Waals surface area contributed by atoms with E-state index in [1.807, 2.05) is 12.4 Å². The Balaban J connectivity index is 1.74. The maximum atomic E-state index is 4.40. The fraction of sp³-hybridized carbons (Fsp3) is 0.292. The third kappa shape index (κ3) is 3.50. The van der Waals surface area contributed by atoms with Gasteiger partial charge in [0.05, 0.1) is 0 Å². The molecule has 1 fully saturated rings. The van der Waals surface area contributed by atoms with Gasteiger partial charge in [-0.3, -0.25) is 4.98 Å². The number of hydrogen-bond acceptors (Lipinski definition) is 2. The standard InChI is InChI=1S/C24H26N2/c1-19(22-12-8-10-20-9-4-5-11-23(20)22)17-21-18-25-14-13-24(21)26-15-6-2-3-7-16-26/h4-5,8-14,17-18H,2-3,6-7,15-16H2,1H3/b19-17-. The molecule has 2 nitrogen and oxygen atoms in total. The van der Waals surface area contributed by atoms with E-state index in [1.54, 1.807) is 0 Å². The van der Waals surface area contributed by atoms with Crippen LogP contribution in [0, 0.1) is 0 Å². The molecule has 1 aromatic heterocycles. The Hall–Kier alpha value is -2.61. The number of pyridine rings is 1. The number of nitrogens with zero attached hydrogens (tertiary/aromatic N) is 2. The lowest BCUT2D eigenvalue weighted by molar-refractivity contribution is 0.726. The molecule has 3 aromatic rings. The summed E-state index contributed by atoms with van der Waals surface area (Å²) in [5, 5.41) is 2.60. The molecule has 2 aromatic carbocycles. The number of fused-ring (bicyclic) bond motifs is 1. The third-order valence-electron chi connectivity index (χ3n) is 5.36. The smallest absolute Gasteiger partial charge is 0.0470 e. The van der Waals surface area contributed by atoms with Gasteiger partial charge in [-0.15, -0.1) is 0 Å². The van der Waals surface area contributed by atoms with Crippen LogP contribution in [0.4, 0.5) is 5.69 Å². The molecule has 0 N–H and O–H groups in total. The van der Waals surface area contributed by atoms with Crippen molar-refractivity contribution in [1.29, 1.82) is 0 Å². The average molecular weight is 342 g/mol. The molecule has 0 bridgehead atoms.